The molecule has 2 heterocycles. The minimum Gasteiger partial charge on any atom is -0.366 e. The topological polar surface area (TPSA) is 55.6 Å². The third-order valence-corrected chi connectivity index (χ3v) is 4.32. The van der Waals surface area contributed by atoms with Gasteiger partial charge in [0, 0.05) is 13.1 Å². The zero-order chi connectivity index (χ0) is 12.7. The van der Waals surface area contributed by atoms with Crippen molar-refractivity contribution in [2.45, 2.75) is 32.7 Å². The van der Waals surface area contributed by atoms with Gasteiger partial charge in [-0.3, -0.25) is 4.68 Å². The van der Waals surface area contributed by atoms with E-state index in [1.807, 2.05) is 13.2 Å². The molecule has 1 N–H and O–H groups in total. The van der Waals surface area contributed by atoms with Gasteiger partial charge in [-0.15, -0.1) is 0 Å². The Balaban J connectivity index is 1.91. The highest BCUT2D eigenvalue weighted by Crippen LogP contribution is 2.33. The van der Waals surface area contributed by atoms with Crippen LogP contribution in [-0.4, -0.2) is 25.8 Å². The molecule has 5 nitrogen and oxygen atoms in total. The summed E-state index contributed by atoms with van der Waals surface area (Å²) in [7, 11) is 1.90. The number of fused-ring (bicyclic) bond motifs is 1. The highest BCUT2D eigenvalue weighted by atomic mass is 15.3. The van der Waals surface area contributed by atoms with E-state index in [9.17, 15) is 0 Å². The molecular formula is C13H19N5. The van der Waals surface area contributed by atoms with E-state index in [1.54, 1.807) is 11.0 Å². The highest BCUT2D eigenvalue weighted by molar-refractivity contribution is 5.86. The molecule has 1 fully saturated rings. The molecule has 3 unspecified atom stereocenters. The van der Waals surface area contributed by atoms with E-state index in [2.05, 4.69) is 34.2 Å². The molecule has 0 aromatic carbocycles. The van der Waals surface area contributed by atoms with Gasteiger partial charge in [0.15, 0.2) is 5.65 Å². The van der Waals surface area contributed by atoms with Crippen LogP contribution in [0.4, 0.5) is 5.82 Å². The van der Waals surface area contributed by atoms with Gasteiger partial charge in [-0.05, 0) is 24.7 Å². The molecule has 3 rings (SSSR count). The lowest BCUT2D eigenvalue weighted by Crippen LogP contribution is -2.24. The second kappa shape index (κ2) is 4.23. The van der Waals surface area contributed by atoms with E-state index in [0.29, 0.717) is 12.0 Å². The van der Waals surface area contributed by atoms with Crippen LogP contribution >= 0.6 is 0 Å². The minimum atomic E-state index is 0.512. The Morgan fingerprint density at radius 2 is 2.11 bits per heavy atom. The average molecular weight is 245 g/mol. The summed E-state index contributed by atoms with van der Waals surface area (Å²) >= 11 is 0. The van der Waals surface area contributed by atoms with E-state index < -0.39 is 0 Å². The number of nitrogens with zero attached hydrogens (tertiary/aromatic N) is 4. The molecule has 1 saturated carbocycles. The Hall–Kier alpha value is -1.65. The summed E-state index contributed by atoms with van der Waals surface area (Å²) < 4.78 is 1.78. The molecule has 0 aliphatic heterocycles. The Morgan fingerprint density at radius 1 is 1.28 bits per heavy atom. The summed E-state index contributed by atoms with van der Waals surface area (Å²) in [6, 6.07) is 0.512. The molecule has 2 aromatic rings. The first kappa shape index (κ1) is 11.4. The first-order valence-electron chi connectivity index (χ1n) is 6.56. The summed E-state index contributed by atoms with van der Waals surface area (Å²) in [5.41, 5.74) is 0.881. The van der Waals surface area contributed by atoms with Crippen molar-refractivity contribution in [1.29, 1.82) is 0 Å². The quantitative estimate of drug-likeness (QED) is 0.881. The predicted molar refractivity (Wildman–Crippen MR) is 71.3 cm³/mol. The molecule has 96 valence electrons. The largest absolute Gasteiger partial charge is 0.366 e. The van der Waals surface area contributed by atoms with Crippen molar-refractivity contribution in [3.8, 4) is 0 Å². The Morgan fingerprint density at radius 3 is 2.83 bits per heavy atom. The van der Waals surface area contributed by atoms with Crippen LogP contribution in [-0.2, 0) is 7.05 Å². The van der Waals surface area contributed by atoms with Crippen molar-refractivity contribution in [3.05, 3.63) is 12.5 Å². The summed E-state index contributed by atoms with van der Waals surface area (Å²) in [6.45, 7) is 4.64. The molecule has 0 bridgehead atoms. The number of aromatic nitrogens is 4. The second-order valence-corrected chi connectivity index (χ2v) is 5.39. The maximum absolute atomic E-state index is 4.37. The molecule has 0 radical (unpaired) electrons. The number of hydrogen-bond acceptors (Lipinski definition) is 4. The van der Waals surface area contributed by atoms with Crippen molar-refractivity contribution in [2.24, 2.45) is 18.9 Å². The zero-order valence-electron chi connectivity index (χ0n) is 11.1. The predicted octanol–water partition coefficient (Wildman–Crippen LogP) is 2.21. The van der Waals surface area contributed by atoms with E-state index in [-0.39, 0.29) is 0 Å². The summed E-state index contributed by atoms with van der Waals surface area (Å²) in [4.78, 5) is 8.63. The van der Waals surface area contributed by atoms with Crippen LogP contribution in [0.15, 0.2) is 12.5 Å². The lowest BCUT2D eigenvalue weighted by Gasteiger charge is -2.20. The average Bonchev–Trinajstić information content (AvgIpc) is 2.89. The molecule has 18 heavy (non-hydrogen) atoms. The van der Waals surface area contributed by atoms with E-state index >= 15 is 0 Å². The first-order chi connectivity index (χ1) is 8.66. The SMILES string of the molecule is CC1CCC(Nc2ncnc3c2cnn3C)C1C. The van der Waals surface area contributed by atoms with Gasteiger partial charge >= 0.3 is 0 Å². The molecule has 0 amide bonds. The third-order valence-electron chi connectivity index (χ3n) is 4.32. The van der Waals surface area contributed by atoms with Gasteiger partial charge in [-0.1, -0.05) is 13.8 Å². The number of aryl methyl sites for hydroxylation is 1. The molecule has 1 aliphatic carbocycles. The molecule has 1 aliphatic rings. The van der Waals surface area contributed by atoms with Crippen LogP contribution in [0.5, 0.6) is 0 Å². The van der Waals surface area contributed by atoms with Gasteiger partial charge in [0.25, 0.3) is 0 Å². The second-order valence-electron chi connectivity index (χ2n) is 5.39. The summed E-state index contributed by atoms with van der Waals surface area (Å²) in [5, 5.41) is 8.82. The maximum atomic E-state index is 4.37. The Labute approximate surface area is 107 Å². The summed E-state index contributed by atoms with van der Waals surface area (Å²) in [5.74, 6) is 2.39. The van der Waals surface area contributed by atoms with Crippen molar-refractivity contribution >= 4 is 16.9 Å². The van der Waals surface area contributed by atoms with Crippen LogP contribution in [0.3, 0.4) is 0 Å². The third kappa shape index (κ3) is 1.74. The van der Waals surface area contributed by atoms with E-state index in [4.69, 9.17) is 0 Å². The van der Waals surface area contributed by atoms with Crippen molar-refractivity contribution in [1.82, 2.24) is 19.7 Å². The highest BCUT2D eigenvalue weighted by Gasteiger charge is 2.30. The lowest BCUT2D eigenvalue weighted by atomic mass is 9.98. The molecule has 0 saturated heterocycles. The van der Waals surface area contributed by atoms with Crippen molar-refractivity contribution < 1.29 is 0 Å². The van der Waals surface area contributed by atoms with Gasteiger partial charge in [0.1, 0.15) is 12.1 Å². The molecule has 2 aromatic heterocycles. The van der Waals surface area contributed by atoms with Crippen LogP contribution in [0.1, 0.15) is 26.7 Å². The zero-order valence-corrected chi connectivity index (χ0v) is 11.1. The van der Waals surface area contributed by atoms with Gasteiger partial charge < -0.3 is 5.32 Å². The fraction of sp³-hybridized carbons (Fsp3) is 0.615. The Kier molecular flexibility index (Phi) is 2.69. The van der Waals surface area contributed by atoms with Crippen LogP contribution in [0.25, 0.3) is 11.0 Å². The molecule has 5 heteroatoms. The Bertz CT molecular complexity index is 562. The number of rotatable bonds is 2. The lowest BCUT2D eigenvalue weighted by molar-refractivity contribution is 0.435. The van der Waals surface area contributed by atoms with Crippen LogP contribution in [0, 0.1) is 11.8 Å². The number of hydrogen-bond donors (Lipinski definition) is 1. The molecule has 0 spiro atoms. The number of anilines is 1. The fourth-order valence-electron chi connectivity index (χ4n) is 2.82. The minimum absolute atomic E-state index is 0.512. The van der Waals surface area contributed by atoms with Gasteiger partial charge in [0.05, 0.1) is 11.6 Å². The van der Waals surface area contributed by atoms with Gasteiger partial charge in [-0.25, -0.2) is 9.97 Å². The number of nitrogens with one attached hydrogen (secondary N) is 1. The van der Waals surface area contributed by atoms with Crippen LogP contribution < -0.4 is 5.32 Å². The van der Waals surface area contributed by atoms with E-state index in [1.165, 1.54) is 12.8 Å². The van der Waals surface area contributed by atoms with Crippen molar-refractivity contribution in [3.63, 3.8) is 0 Å². The summed E-state index contributed by atoms with van der Waals surface area (Å²) in [6.07, 6.45) is 5.95. The normalized spacial score (nSPS) is 27.8. The van der Waals surface area contributed by atoms with Gasteiger partial charge in [0.2, 0.25) is 0 Å². The monoisotopic (exact) mass is 245 g/mol. The van der Waals surface area contributed by atoms with E-state index in [0.717, 1.165) is 22.8 Å². The standard InChI is InChI=1S/C13H19N5/c1-8-4-5-11(9(8)2)17-12-10-6-16-18(3)13(10)15-7-14-12/h6-9,11H,4-5H2,1-3H3,(H,14,15,17). The van der Waals surface area contributed by atoms with Gasteiger partial charge in [-0.2, -0.15) is 5.10 Å². The van der Waals surface area contributed by atoms with Crippen molar-refractivity contribution in [2.75, 3.05) is 5.32 Å². The first-order valence-corrected chi connectivity index (χ1v) is 6.56. The van der Waals surface area contributed by atoms with Crippen LogP contribution in [0.2, 0.25) is 0 Å². The smallest absolute Gasteiger partial charge is 0.163 e. The molecule has 3 atom stereocenters. The maximum Gasteiger partial charge on any atom is 0.163 e. The fourth-order valence-corrected chi connectivity index (χ4v) is 2.82. The molecular weight excluding hydrogens is 226 g/mol.